The molecular formula is C36H74N2O3. The van der Waals surface area contributed by atoms with E-state index >= 15 is 0 Å². The van der Waals surface area contributed by atoms with E-state index in [1.54, 1.807) is 0 Å². The molecule has 0 aromatic heterocycles. The Morgan fingerprint density at radius 3 is 1.44 bits per heavy atom. The van der Waals surface area contributed by atoms with E-state index in [2.05, 4.69) is 37.7 Å². The Kier molecular flexibility index (Phi) is 31.8. The molecule has 5 nitrogen and oxygen atoms in total. The summed E-state index contributed by atoms with van der Waals surface area (Å²) in [7, 11) is 4.38. The molecule has 0 saturated carbocycles. The van der Waals surface area contributed by atoms with Gasteiger partial charge in [-0.15, -0.1) is 0 Å². The summed E-state index contributed by atoms with van der Waals surface area (Å²) in [5.41, 5.74) is 0. The standard InChI is InChI=1S/C36H74N2O3/c1-5-7-28-35(6-2)36(40)41-34-27-23-19-15-11-9-13-17-21-25-30-38(32-31-37(3)4)29-24-20-16-12-8-10-14-18-22-26-33-39/h35,39H,5-34H2,1-4H3. The highest BCUT2D eigenvalue weighted by Crippen LogP contribution is 2.16. The number of nitrogens with zero attached hydrogens (tertiary/aromatic N) is 2. The highest BCUT2D eigenvalue weighted by molar-refractivity contribution is 5.72. The van der Waals surface area contributed by atoms with Crippen LogP contribution in [0.2, 0.25) is 0 Å². The van der Waals surface area contributed by atoms with E-state index in [-0.39, 0.29) is 11.9 Å². The third-order valence-electron chi connectivity index (χ3n) is 8.59. The number of unbranched alkanes of at least 4 members (excludes halogenated alkanes) is 19. The lowest BCUT2D eigenvalue weighted by molar-refractivity contribution is -0.149. The minimum absolute atomic E-state index is 0.0327. The number of ether oxygens (including phenoxy) is 1. The zero-order valence-electron chi connectivity index (χ0n) is 28.4. The van der Waals surface area contributed by atoms with E-state index in [0.717, 1.165) is 45.1 Å². The molecule has 0 radical (unpaired) electrons. The van der Waals surface area contributed by atoms with Crippen molar-refractivity contribution >= 4 is 5.97 Å². The molecule has 0 aliphatic heterocycles. The first kappa shape index (κ1) is 40.4. The first-order chi connectivity index (χ1) is 20.0. The van der Waals surface area contributed by atoms with Crippen LogP contribution in [-0.4, -0.2) is 74.4 Å². The zero-order valence-corrected chi connectivity index (χ0v) is 28.4. The molecule has 0 rings (SSSR count). The summed E-state index contributed by atoms with van der Waals surface area (Å²) >= 11 is 0. The summed E-state index contributed by atoms with van der Waals surface area (Å²) < 4.78 is 5.53. The molecule has 5 heteroatoms. The van der Waals surface area contributed by atoms with E-state index in [4.69, 9.17) is 9.84 Å². The van der Waals surface area contributed by atoms with Crippen molar-refractivity contribution in [3.05, 3.63) is 0 Å². The van der Waals surface area contributed by atoms with E-state index in [1.165, 1.54) is 135 Å². The average molecular weight is 583 g/mol. The quantitative estimate of drug-likeness (QED) is 0.0617. The molecule has 0 aromatic carbocycles. The van der Waals surface area contributed by atoms with Gasteiger partial charge < -0.3 is 19.6 Å². The average Bonchev–Trinajstić information content (AvgIpc) is 2.96. The third kappa shape index (κ3) is 29.2. The largest absolute Gasteiger partial charge is 0.465 e. The summed E-state index contributed by atoms with van der Waals surface area (Å²) in [6, 6.07) is 0. The SMILES string of the molecule is CCCCC(CC)C(=O)OCCCCCCCCCCCCN(CCCCCCCCCCCCO)CCN(C)C. The second kappa shape index (κ2) is 32.3. The highest BCUT2D eigenvalue weighted by atomic mass is 16.5. The summed E-state index contributed by atoms with van der Waals surface area (Å²) in [6.45, 7) is 10.1. The Bertz CT molecular complexity index is 529. The van der Waals surface area contributed by atoms with Gasteiger partial charge in [-0.3, -0.25) is 4.79 Å². The summed E-state index contributed by atoms with van der Waals surface area (Å²) in [6.07, 6.45) is 30.3. The van der Waals surface area contributed by atoms with Crippen LogP contribution >= 0.6 is 0 Å². The van der Waals surface area contributed by atoms with Crippen LogP contribution in [-0.2, 0) is 9.53 Å². The van der Waals surface area contributed by atoms with Gasteiger partial charge in [0.2, 0.25) is 0 Å². The maximum Gasteiger partial charge on any atom is 0.308 e. The van der Waals surface area contributed by atoms with Gasteiger partial charge in [-0.25, -0.2) is 0 Å². The van der Waals surface area contributed by atoms with E-state index < -0.39 is 0 Å². The molecule has 0 saturated heterocycles. The molecule has 0 bridgehead atoms. The van der Waals surface area contributed by atoms with Crippen molar-refractivity contribution < 1.29 is 14.6 Å². The number of aliphatic hydroxyl groups is 1. The van der Waals surface area contributed by atoms with Crippen LogP contribution in [0.4, 0.5) is 0 Å². The van der Waals surface area contributed by atoms with Gasteiger partial charge in [0.25, 0.3) is 0 Å². The van der Waals surface area contributed by atoms with Crippen molar-refractivity contribution in [2.45, 2.75) is 168 Å². The summed E-state index contributed by atoms with van der Waals surface area (Å²) in [5.74, 6) is 0.144. The lowest BCUT2D eigenvalue weighted by Crippen LogP contribution is -2.33. The molecule has 0 spiro atoms. The fourth-order valence-electron chi connectivity index (χ4n) is 5.62. The highest BCUT2D eigenvalue weighted by Gasteiger charge is 2.16. The number of hydrogen-bond acceptors (Lipinski definition) is 5. The van der Waals surface area contributed by atoms with Crippen molar-refractivity contribution in [2.24, 2.45) is 5.92 Å². The molecule has 246 valence electrons. The van der Waals surface area contributed by atoms with Gasteiger partial charge in [0, 0.05) is 19.7 Å². The molecule has 0 heterocycles. The monoisotopic (exact) mass is 583 g/mol. The second-order valence-electron chi connectivity index (χ2n) is 12.9. The van der Waals surface area contributed by atoms with E-state index in [0.29, 0.717) is 13.2 Å². The Balaban J connectivity index is 3.67. The zero-order chi connectivity index (χ0) is 30.2. The topological polar surface area (TPSA) is 53.0 Å². The molecule has 41 heavy (non-hydrogen) atoms. The first-order valence-corrected chi connectivity index (χ1v) is 18.2. The van der Waals surface area contributed by atoms with Gasteiger partial charge in [-0.2, -0.15) is 0 Å². The minimum Gasteiger partial charge on any atom is -0.465 e. The predicted octanol–water partition coefficient (Wildman–Crippen LogP) is 9.40. The fraction of sp³-hybridized carbons (Fsp3) is 0.972. The molecule has 1 atom stereocenters. The smallest absolute Gasteiger partial charge is 0.308 e. The van der Waals surface area contributed by atoms with Crippen LogP contribution in [0.25, 0.3) is 0 Å². The van der Waals surface area contributed by atoms with Crippen LogP contribution in [0.5, 0.6) is 0 Å². The van der Waals surface area contributed by atoms with Crippen molar-refractivity contribution in [3.63, 3.8) is 0 Å². The van der Waals surface area contributed by atoms with Crippen LogP contribution in [0.1, 0.15) is 168 Å². The van der Waals surface area contributed by atoms with Gasteiger partial charge >= 0.3 is 5.97 Å². The van der Waals surface area contributed by atoms with Crippen LogP contribution in [0, 0.1) is 5.92 Å². The van der Waals surface area contributed by atoms with Gasteiger partial charge in [0.1, 0.15) is 0 Å². The van der Waals surface area contributed by atoms with Crippen LogP contribution in [0.15, 0.2) is 0 Å². The summed E-state index contributed by atoms with van der Waals surface area (Å²) in [5, 5.41) is 8.85. The molecule has 0 aliphatic carbocycles. The van der Waals surface area contributed by atoms with Gasteiger partial charge in [-0.1, -0.05) is 129 Å². The number of hydrogen-bond donors (Lipinski definition) is 1. The normalized spacial score (nSPS) is 12.5. The lowest BCUT2D eigenvalue weighted by atomic mass is 10.00. The number of likely N-dealkylation sites (N-methyl/N-ethyl adjacent to an activating group) is 1. The van der Waals surface area contributed by atoms with Gasteiger partial charge in [-0.05, 0) is 65.7 Å². The molecular weight excluding hydrogens is 508 g/mol. The molecule has 1 unspecified atom stereocenters. The molecule has 1 N–H and O–H groups in total. The minimum atomic E-state index is 0.0327. The Morgan fingerprint density at radius 1 is 0.585 bits per heavy atom. The van der Waals surface area contributed by atoms with Crippen molar-refractivity contribution in [1.29, 1.82) is 0 Å². The van der Waals surface area contributed by atoms with Crippen molar-refractivity contribution in [1.82, 2.24) is 9.80 Å². The van der Waals surface area contributed by atoms with Gasteiger partial charge in [0.05, 0.1) is 12.5 Å². The maximum atomic E-state index is 12.2. The molecule has 0 aliphatic rings. The first-order valence-electron chi connectivity index (χ1n) is 18.2. The fourth-order valence-corrected chi connectivity index (χ4v) is 5.62. The van der Waals surface area contributed by atoms with Crippen molar-refractivity contribution in [2.75, 3.05) is 53.5 Å². The van der Waals surface area contributed by atoms with Crippen LogP contribution in [0.3, 0.4) is 0 Å². The summed E-state index contributed by atoms with van der Waals surface area (Å²) in [4.78, 5) is 17.2. The molecule has 0 aromatic rings. The van der Waals surface area contributed by atoms with Gasteiger partial charge in [0.15, 0.2) is 0 Å². The Morgan fingerprint density at radius 2 is 1.02 bits per heavy atom. The Labute approximate surface area is 257 Å². The van der Waals surface area contributed by atoms with Crippen molar-refractivity contribution in [3.8, 4) is 0 Å². The lowest BCUT2D eigenvalue weighted by Gasteiger charge is -2.24. The molecule has 0 amide bonds. The third-order valence-corrected chi connectivity index (χ3v) is 8.59. The van der Waals surface area contributed by atoms with E-state index in [9.17, 15) is 4.79 Å². The van der Waals surface area contributed by atoms with Crippen LogP contribution < -0.4 is 0 Å². The number of carbonyl (C=O) groups is 1. The Hall–Kier alpha value is -0.650. The maximum absolute atomic E-state index is 12.2. The predicted molar refractivity (Wildman–Crippen MR) is 179 cm³/mol. The number of esters is 1. The number of aliphatic hydroxyl groups excluding tert-OH is 1. The number of carbonyl (C=O) groups excluding carboxylic acids is 1. The number of rotatable bonds is 33. The van der Waals surface area contributed by atoms with E-state index in [1.807, 2.05) is 0 Å². The second-order valence-corrected chi connectivity index (χ2v) is 12.9. The molecule has 0 fully saturated rings.